The van der Waals surface area contributed by atoms with E-state index in [-0.39, 0.29) is 5.91 Å². The molecular formula is C28H34N2O4. The zero-order chi connectivity index (χ0) is 24.5. The zero-order valence-electron chi connectivity index (χ0n) is 20.6. The van der Waals surface area contributed by atoms with Gasteiger partial charge in [0, 0.05) is 35.9 Å². The molecule has 34 heavy (non-hydrogen) atoms. The van der Waals surface area contributed by atoms with Crippen molar-refractivity contribution in [1.29, 1.82) is 0 Å². The van der Waals surface area contributed by atoms with Gasteiger partial charge >= 0.3 is 0 Å². The van der Waals surface area contributed by atoms with Crippen molar-refractivity contribution in [2.45, 2.75) is 39.8 Å². The first-order valence-electron chi connectivity index (χ1n) is 11.6. The Morgan fingerprint density at radius 1 is 0.853 bits per heavy atom. The Morgan fingerprint density at radius 3 is 2.24 bits per heavy atom. The molecule has 6 nitrogen and oxygen atoms in total. The molecule has 0 atom stereocenters. The number of methoxy groups -OCH3 is 1. The smallest absolute Gasteiger partial charge is 0.255 e. The van der Waals surface area contributed by atoms with Crippen molar-refractivity contribution >= 4 is 11.6 Å². The number of para-hydroxylation sites is 1. The lowest BCUT2D eigenvalue weighted by Gasteiger charge is -2.30. The molecule has 0 unspecified atom stereocenters. The minimum atomic E-state index is -0.236. The molecule has 0 aliphatic rings. The minimum Gasteiger partial charge on any atom is -0.493 e. The van der Waals surface area contributed by atoms with Crippen LogP contribution in [0, 0.1) is 0 Å². The summed E-state index contributed by atoms with van der Waals surface area (Å²) in [4.78, 5) is 15.3. The molecule has 6 heteroatoms. The summed E-state index contributed by atoms with van der Waals surface area (Å²) < 4.78 is 17.3. The van der Waals surface area contributed by atoms with Gasteiger partial charge in [-0.15, -0.1) is 0 Å². The summed E-state index contributed by atoms with van der Waals surface area (Å²) >= 11 is 0. The van der Waals surface area contributed by atoms with E-state index in [2.05, 4.69) is 37.9 Å². The molecule has 0 aromatic heterocycles. The molecule has 0 spiro atoms. The topological polar surface area (TPSA) is 60.0 Å². The van der Waals surface area contributed by atoms with Crippen LogP contribution in [0.5, 0.6) is 23.0 Å². The van der Waals surface area contributed by atoms with Gasteiger partial charge in [0.1, 0.15) is 18.1 Å². The van der Waals surface area contributed by atoms with E-state index in [0.29, 0.717) is 52.9 Å². The van der Waals surface area contributed by atoms with Crippen LogP contribution >= 0.6 is 0 Å². The van der Waals surface area contributed by atoms with Gasteiger partial charge in [0.05, 0.1) is 7.11 Å². The molecule has 180 valence electrons. The zero-order valence-corrected chi connectivity index (χ0v) is 20.6. The third-order valence-electron chi connectivity index (χ3n) is 5.43. The van der Waals surface area contributed by atoms with Crippen molar-refractivity contribution in [3.63, 3.8) is 0 Å². The van der Waals surface area contributed by atoms with Crippen LogP contribution in [0.3, 0.4) is 0 Å². The van der Waals surface area contributed by atoms with E-state index in [0.717, 1.165) is 6.54 Å². The number of benzene rings is 3. The third-order valence-corrected chi connectivity index (χ3v) is 5.43. The Balaban J connectivity index is 1.67. The standard InChI is InChI=1S/C28H34N2O4/c1-20(2)30(21(3)4)16-17-33-27-19-23(14-15-26(27)32-5)29-28(31)22-10-9-13-25(18-22)34-24-11-7-6-8-12-24/h6-15,18-21H,16-17H2,1-5H3,(H,29,31). The highest BCUT2D eigenvalue weighted by atomic mass is 16.5. The van der Waals surface area contributed by atoms with Crippen LogP contribution in [0.15, 0.2) is 72.8 Å². The van der Waals surface area contributed by atoms with Crippen LogP contribution in [0.1, 0.15) is 38.1 Å². The van der Waals surface area contributed by atoms with E-state index in [9.17, 15) is 4.79 Å². The number of nitrogens with one attached hydrogen (secondary N) is 1. The molecule has 0 saturated carbocycles. The lowest BCUT2D eigenvalue weighted by atomic mass is 10.2. The van der Waals surface area contributed by atoms with Crippen LogP contribution in [0.4, 0.5) is 5.69 Å². The quantitative estimate of drug-likeness (QED) is 0.366. The Morgan fingerprint density at radius 2 is 1.56 bits per heavy atom. The Labute approximate surface area is 202 Å². The molecule has 3 aromatic carbocycles. The summed E-state index contributed by atoms with van der Waals surface area (Å²) in [7, 11) is 1.60. The lowest BCUT2D eigenvalue weighted by Crippen LogP contribution is -2.39. The predicted octanol–water partition coefficient (Wildman–Crippen LogP) is 6.24. The molecule has 3 rings (SSSR count). The van der Waals surface area contributed by atoms with E-state index >= 15 is 0 Å². The maximum atomic E-state index is 12.9. The summed E-state index contributed by atoms with van der Waals surface area (Å²) in [5.41, 5.74) is 1.12. The van der Waals surface area contributed by atoms with Crippen molar-refractivity contribution in [2.24, 2.45) is 0 Å². The van der Waals surface area contributed by atoms with Crippen molar-refractivity contribution in [2.75, 3.05) is 25.6 Å². The summed E-state index contributed by atoms with van der Waals surface area (Å²) in [6.07, 6.45) is 0. The number of rotatable bonds is 11. The van der Waals surface area contributed by atoms with Gasteiger partial charge in [0.15, 0.2) is 11.5 Å². The normalized spacial score (nSPS) is 11.1. The summed E-state index contributed by atoms with van der Waals surface area (Å²) in [5.74, 6) is 2.29. The molecule has 1 N–H and O–H groups in total. The molecular weight excluding hydrogens is 428 g/mol. The van der Waals surface area contributed by atoms with Crippen molar-refractivity contribution < 1.29 is 19.0 Å². The summed E-state index contributed by atoms with van der Waals surface area (Å²) in [6, 6.07) is 22.8. The van der Waals surface area contributed by atoms with Crippen molar-refractivity contribution in [3.05, 3.63) is 78.4 Å². The third kappa shape index (κ3) is 6.99. The molecule has 0 heterocycles. The van der Waals surface area contributed by atoms with Crippen LogP contribution in [-0.2, 0) is 0 Å². The Kier molecular flexibility index (Phi) is 8.93. The average Bonchev–Trinajstić information content (AvgIpc) is 2.82. The minimum absolute atomic E-state index is 0.236. The summed E-state index contributed by atoms with van der Waals surface area (Å²) in [6.45, 7) is 10.0. The molecule has 0 saturated heterocycles. The highest BCUT2D eigenvalue weighted by molar-refractivity contribution is 6.04. The number of carbonyl (C=O) groups excluding carboxylic acids is 1. The second-order valence-electron chi connectivity index (χ2n) is 8.54. The maximum absolute atomic E-state index is 12.9. The lowest BCUT2D eigenvalue weighted by molar-refractivity contribution is 0.102. The molecule has 0 radical (unpaired) electrons. The Hall–Kier alpha value is -3.51. The fourth-order valence-electron chi connectivity index (χ4n) is 3.77. The predicted molar refractivity (Wildman–Crippen MR) is 136 cm³/mol. The molecule has 0 bridgehead atoms. The number of ether oxygens (including phenoxy) is 3. The average molecular weight is 463 g/mol. The highest BCUT2D eigenvalue weighted by Crippen LogP contribution is 2.31. The second kappa shape index (κ2) is 12.1. The fraction of sp³-hybridized carbons (Fsp3) is 0.321. The molecule has 1 amide bonds. The van der Waals surface area contributed by atoms with Gasteiger partial charge in [-0.25, -0.2) is 0 Å². The van der Waals surface area contributed by atoms with Gasteiger partial charge < -0.3 is 19.5 Å². The van der Waals surface area contributed by atoms with Crippen molar-refractivity contribution in [3.8, 4) is 23.0 Å². The monoisotopic (exact) mass is 462 g/mol. The van der Waals surface area contributed by atoms with Crippen LogP contribution in [-0.4, -0.2) is 43.2 Å². The number of amides is 1. The van der Waals surface area contributed by atoms with E-state index in [1.165, 1.54) is 0 Å². The van der Waals surface area contributed by atoms with Crippen LogP contribution in [0.2, 0.25) is 0 Å². The van der Waals surface area contributed by atoms with E-state index in [1.54, 1.807) is 43.5 Å². The summed E-state index contributed by atoms with van der Waals surface area (Å²) in [5, 5.41) is 2.94. The number of anilines is 1. The van der Waals surface area contributed by atoms with E-state index < -0.39 is 0 Å². The first-order valence-corrected chi connectivity index (χ1v) is 11.6. The first-order chi connectivity index (χ1) is 16.4. The van der Waals surface area contributed by atoms with E-state index in [4.69, 9.17) is 14.2 Å². The number of nitrogens with zero attached hydrogens (tertiary/aromatic N) is 1. The van der Waals surface area contributed by atoms with Crippen LogP contribution < -0.4 is 19.5 Å². The SMILES string of the molecule is COc1ccc(NC(=O)c2cccc(Oc3ccccc3)c2)cc1OCCN(C(C)C)C(C)C. The van der Waals surface area contributed by atoms with Gasteiger partial charge in [0.25, 0.3) is 5.91 Å². The maximum Gasteiger partial charge on any atom is 0.255 e. The largest absolute Gasteiger partial charge is 0.493 e. The van der Waals surface area contributed by atoms with Gasteiger partial charge in [-0.3, -0.25) is 9.69 Å². The van der Waals surface area contributed by atoms with E-state index in [1.807, 2.05) is 36.4 Å². The fourth-order valence-corrected chi connectivity index (χ4v) is 3.77. The van der Waals surface area contributed by atoms with Crippen LogP contribution in [0.25, 0.3) is 0 Å². The number of carbonyl (C=O) groups is 1. The number of hydrogen-bond acceptors (Lipinski definition) is 5. The first kappa shape index (κ1) is 25.1. The molecule has 0 fully saturated rings. The van der Waals surface area contributed by atoms with Gasteiger partial charge in [-0.1, -0.05) is 24.3 Å². The molecule has 3 aromatic rings. The van der Waals surface area contributed by atoms with Gasteiger partial charge in [-0.05, 0) is 70.2 Å². The molecule has 0 aliphatic heterocycles. The number of hydrogen-bond donors (Lipinski definition) is 1. The van der Waals surface area contributed by atoms with Gasteiger partial charge in [-0.2, -0.15) is 0 Å². The van der Waals surface area contributed by atoms with Crippen molar-refractivity contribution in [1.82, 2.24) is 4.90 Å². The van der Waals surface area contributed by atoms with Gasteiger partial charge in [0.2, 0.25) is 0 Å². The molecule has 0 aliphatic carbocycles. The second-order valence-corrected chi connectivity index (χ2v) is 8.54. The highest BCUT2D eigenvalue weighted by Gasteiger charge is 2.15. The Bertz CT molecular complexity index is 1060.